The van der Waals surface area contributed by atoms with E-state index in [-0.39, 0.29) is 16.9 Å². The molecule has 0 aliphatic heterocycles. The number of nitrogens with zero attached hydrogens (tertiary/aromatic N) is 4. The Morgan fingerprint density at radius 1 is 1.07 bits per heavy atom. The number of rotatable bonds is 6. The van der Waals surface area contributed by atoms with Crippen molar-refractivity contribution < 1.29 is 4.42 Å². The van der Waals surface area contributed by atoms with Crippen molar-refractivity contribution in [3.05, 3.63) is 70.3 Å². The smallest absolute Gasteiger partial charge is 0.262 e. The number of para-hydroxylation sites is 1. The van der Waals surface area contributed by atoms with Crippen LogP contribution in [-0.4, -0.2) is 19.7 Å². The maximum atomic E-state index is 13.1. The number of thioether (sulfide) groups is 1. The summed E-state index contributed by atoms with van der Waals surface area (Å²) < 4.78 is 7.71. The maximum absolute atomic E-state index is 13.1. The van der Waals surface area contributed by atoms with E-state index in [0.717, 1.165) is 12.0 Å². The van der Waals surface area contributed by atoms with Crippen LogP contribution >= 0.6 is 11.8 Å². The molecule has 30 heavy (non-hydrogen) atoms. The minimum atomic E-state index is -0.153. The Balaban J connectivity index is 1.68. The van der Waals surface area contributed by atoms with E-state index in [9.17, 15) is 4.79 Å². The van der Waals surface area contributed by atoms with Gasteiger partial charge in [-0.3, -0.25) is 9.36 Å². The first-order valence-electron chi connectivity index (χ1n) is 10.1. The lowest BCUT2D eigenvalue weighted by atomic mass is 10.1. The van der Waals surface area contributed by atoms with Gasteiger partial charge in [-0.1, -0.05) is 48.5 Å². The molecular weight excluding hydrogens is 396 g/mol. The second-order valence-electron chi connectivity index (χ2n) is 7.42. The summed E-state index contributed by atoms with van der Waals surface area (Å²) in [4.78, 5) is 17.9. The molecule has 2 aromatic carbocycles. The largest absolute Gasteiger partial charge is 0.419 e. The Morgan fingerprint density at radius 2 is 1.80 bits per heavy atom. The third-order valence-electron chi connectivity index (χ3n) is 5.18. The zero-order valence-electron chi connectivity index (χ0n) is 17.5. The van der Waals surface area contributed by atoms with Crippen LogP contribution in [0.25, 0.3) is 22.4 Å². The Kier molecular flexibility index (Phi) is 5.72. The molecule has 0 radical (unpaired) electrons. The van der Waals surface area contributed by atoms with Crippen LogP contribution in [0.1, 0.15) is 49.9 Å². The number of hydrogen-bond acceptors (Lipinski definition) is 6. The maximum Gasteiger partial charge on any atom is 0.262 e. The van der Waals surface area contributed by atoms with Gasteiger partial charge < -0.3 is 4.42 Å². The molecule has 2 atom stereocenters. The number of aryl methyl sites for hydroxylation is 1. The lowest BCUT2D eigenvalue weighted by Crippen LogP contribution is -2.26. The third kappa shape index (κ3) is 3.89. The Labute approximate surface area is 179 Å². The highest BCUT2D eigenvalue weighted by atomic mass is 32.2. The summed E-state index contributed by atoms with van der Waals surface area (Å²) >= 11 is 1.46. The Bertz CT molecular complexity index is 1230. The van der Waals surface area contributed by atoms with Gasteiger partial charge in [-0.25, -0.2) is 4.98 Å². The number of aromatic nitrogens is 4. The average molecular weight is 421 g/mol. The summed E-state index contributed by atoms with van der Waals surface area (Å²) in [5, 5.41) is 9.58. The highest BCUT2D eigenvalue weighted by Crippen LogP contribution is 2.35. The van der Waals surface area contributed by atoms with E-state index < -0.39 is 0 Å². The average Bonchev–Trinajstić information content (AvgIpc) is 3.24. The second kappa shape index (κ2) is 8.44. The number of benzene rings is 2. The first-order valence-corrected chi connectivity index (χ1v) is 10.9. The molecule has 2 aromatic heterocycles. The van der Waals surface area contributed by atoms with E-state index in [1.165, 1.54) is 17.3 Å². The van der Waals surface area contributed by atoms with Crippen molar-refractivity contribution in [3.63, 3.8) is 0 Å². The fourth-order valence-electron chi connectivity index (χ4n) is 3.20. The zero-order chi connectivity index (χ0) is 21.3. The third-order valence-corrected chi connectivity index (χ3v) is 6.23. The summed E-state index contributed by atoms with van der Waals surface area (Å²) in [5.41, 5.74) is 2.74. The summed E-state index contributed by atoms with van der Waals surface area (Å²) in [7, 11) is 0. The van der Waals surface area contributed by atoms with Crippen molar-refractivity contribution in [1.29, 1.82) is 0 Å². The highest BCUT2D eigenvalue weighted by Gasteiger charge is 2.22. The van der Waals surface area contributed by atoms with Crippen LogP contribution in [0.5, 0.6) is 0 Å². The summed E-state index contributed by atoms with van der Waals surface area (Å²) in [5.74, 6) is 0.997. The molecule has 0 aliphatic rings. The van der Waals surface area contributed by atoms with Crippen LogP contribution < -0.4 is 5.56 Å². The number of fused-ring (bicyclic) bond motifs is 1. The normalized spacial score (nSPS) is 13.5. The molecule has 4 rings (SSSR count). The van der Waals surface area contributed by atoms with Crippen LogP contribution in [0.15, 0.2) is 62.9 Å². The van der Waals surface area contributed by atoms with Gasteiger partial charge in [0.15, 0.2) is 5.16 Å². The monoisotopic (exact) mass is 420 g/mol. The molecule has 0 saturated carbocycles. The minimum absolute atomic E-state index is 0.0180. The number of hydrogen-bond donors (Lipinski definition) is 0. The Hall–Kier alpha value is -2.93. The van der Waals surface area contributed by atoms with Crippen LogP contribution in [0, 0.1) is 6.92 Å². The van der Waals surface area contributed by atoms with Crippen LogP contribution in [0.3, 0.4) is 0 Å². The van der Waals surface area contributed by atoms with E-state index >= 15 is 0 Å². The summed E-state index contributed by atoms with van der Waals surface area (Å²) in [6, 6.07) is 15.5. The van der Waals surface area contributed by atoms with Gasteiger partial charge in [-0.05, 0) is 51.5 Å². The SMILES string of the molecule is CC[C@@H](C)n1c(S[C@H](C)c2nnc(-c3ccc(C)cc3)o2)nc2ccccc2c1=O. The van der Waals surface area contributed by atoms with Gasteiger partial charge in [0.1, 0.15) is 0 Å². The second-order valence-corrected chi connectivity index (χ2v) is 8.72. The molecule has 154 valence electrons. The predicted octanol–water partition coefficient (Wildman–Crippen LogP) is 5.58. The Morgan fingerprint density at radius 3 is 2.53 bits per heavy atom. The molecule has 0 unspecified atom stereocenters. The van der Waals surface area contributed by atoms with Crippen molar-refractivity contribution >= 4 is 22.7 Å². The van der Waals surface area contributed by atoms with Gasteiger partial charge in [-0.2, -0.15) is 0 Å². The van der Waals surface area contributed by atoms with Crippen LogP contribution in [0.4, 0.5) is 0 Å². The molecule has 0 aliphatic carbocycles. The standard InChI is InChI=1S/C23H24N4O2S/c1-5-15(3)27-22(28)18-8-6-7-9-19(18)24-23(27)30-16(4)20-25-26-21(29-20)17-12-10-14(2)11-13-17/h6-13,15-16H,5H2,1-4H3/t15-,16-/m1/s1. The van der Waals surface area contributed by atoms with Crippen molar-refractivity contribution in [2.75, 3.05) is 0 Å². The minimum Gasteiger partial charge on any atom is -0.419 e. The van der Waals surface area contributed by atoms with Gasteiger partial charge in [-0.15, -0.1) is 10.2 Å². The lowest BCUT2D eigenvalue weighted by Gasteiger charge is -2.19. The molecule has 0 saturated heterocycles. The van der Waals surface area contributed by atoms with Crippen molar-refractivity contribution in [3.8, 4) is 11.5 Å². The van der Waals surface area contributed by atoms with Crippen molar-refractivity contribution in [2.45, 2.75) is 50.6 Å². The molecule has 0 spiro atoms. The molecule has 6 nitrogen and oxygen atoms in total. The quantitative estimate of drug-likeness (QED) is 0.299. The van der Waals surface area contributed by atoms with Gasteiger partial charge in [0.05, 0.1) is 16.2 Å². The van der Waals surface area contributed by atoms with E-state index in [4.69, 9.17) is 9.40 Å². The van der Waals surface area contributed by atoms with Gasteiger partial charge in [0.25, 0.3) is 5.56 Å². The molecule has 0 N–H and O–H groups in total. The molecule has 2 heterocycles. The van der Waals surface area contributed by atoms with Gasteiger partial charge >= 0.3 is 0 Å². The first-order chi connectivity index (χ1) is 14.5. The highest BCUT2D eigenvalue weighted by molar-refractivity contribution is 7.99. The van der Waals surface area contributed by atoms with Crippen LogP contribution in [0.2, 0.25) is 0 Å². The zero-order valence-corrected chi connectivity index (χ0v) is 18.3. The summed E-state index contributed by atoms with van der Waals surface area (Å²) in [6.07, 6.45) is 0.833. The topological polar surface area (TPSA) is 73.8 Å². The lowest BCUT2D eigenvalue weighted by molar-refractivity contribution is 0.466. The molecule has 0 amide bonds. The first kappa shape index (κ1) is 20.3. The summed E-state index contributed by atoms with van der Waals surface area (Å²) in [6.45, 7) is 8.12. The molecule has 4 aromatic rings. The van der Waals surface area contributed by atoms with Crippen LogP contribution in [-0.2, 0) is 0 Å². The molecule has 0 fully saturated rings. The predicted molar refractivity (Wildman–Crippen MR) is 120 cm³/mol. The van der Waals surface area contributed by atoms with Crippen molar-refractivity contribution in [1.82, 2.24) is 19.7 Å². The fourth-order valence-corrected chi connectivity index (χ4v) is 4.24. The van der Waals surface area contributed by atoms with E-state index in [1.807, 2.05) is 69.3 Å². The van der Waals surface area contributed by atoms with E-state index in [0.29, 0.717) is 27.8 Å². The van der Waals surface area contributed by atoms with Crippen molar-refractivity contribution in [2.24, 2.45) is 0 Å². The molecule has 0 bridgehead atoms. The fraction of sp³-hybridized carbons (Fsp3) is 0.304. The van der Waals surface area contributed by atoms with Gasteiger partial charge in [0.2, 0.25) is 11.8 Å². The molecule has 7 heteroatoms. The molecular formula is C23H24N4O2S. The van der Waals surface area contributed by atoms with Gasteiger partial charge in [0, 0.05) is 11.6 Å². The van der Waals surface area contributed by atoms with E-state index in [2.05, 4.69) is 17.1 Å². The van der Waals surface area contributed by atoms with E-state index in [1.54, 1.807) is 4.57 Å².